The molecule has 0 bridgehead atoms. The number of allylic oxidation sites excluding steroid dienone is 3. The summed E-state index contributed by atoms with van der Waals surface area (Å²) >= 11 is 0. The highest BCUT2D eigenvalue weighted by Crippen LogP contribution is 2.26. The minimum atomic E-state index is -1.86. The zero-order valence-electron chi connectivity index (χ0n) is 31.9. The summed E-state index contributed by atoms with van der Waals surface area (Å²) in [6, 6.07) is 7.42. The number of aliphatic hydroxyl groups excluding tert-OH is 2. The minimum Gasteiger partial charge on any atom is -0.380 e. The normalized spacial score (nSPS) is 11.7. The first kappa shape index (κ1) is 52.3. The smallest absolute Gasteiger partial charge is 0.254 e. The van der Waals surface area contributed by atoms with E-state index in [0.717, 1.165) is 29.5 Å². The van der Waals surface area contributed by atoms with Gasteiger partial charge < -0.3 is 25.7 Å². The summed E-state index contributed by atoms with van der Waals surface area (Å²) in [5.41, 5.74) is 2.56. The molecular weight excluding hydrogens is 578 g/mol. The van der Waals surface area contributed by atoms with Crippen molar-refractivity contribution < 1.29 is 24.6 Å². The lowest BCUT2D eigenvalue weighted by atomic mass is 9.89. The van der Waals surface area contributed by atoms with Crippen LogP contribution in [0.1, 0.15) is 120 Å². The number of carbonyl (C=O) groups is 3. The van der Waals surface area contributed by atoms with Crippen LogP contribution in [0.25, 0.3) is 5.57 Å². The molecule has 3 atom stereocenters. The summed E-state index contributed by atoms with van der Waals surface area (Å²) in [4.78, 5) is 38.1. The molecule has 0 saturated carbocycles. The Labute approximate surface area is 283 Å². The summed E-state index contributed by atoms with van der Waals surface area (Å²) in [5, 5.41) is 25.4. The van der Waals surface area contributed by atoms with Crippen LogP contribution >= 0.6 is 0 Å². The molecule has 8 nitrogen and oxygen atoms in total. The van der Waals surface area contributed by atoms with Crippen molar-refractivity contribution >= 4 is 23.3 Å². The fourth-order valence-electron chi connectivity index (χ4n) is 3.46. The van der Waals surface area contributed by atoms with Crippen LogP contribution in [0.3, 0.4) is 0 Å². The Morgan fingerprint density at radius 1 is 0.870 bits per heavy atom. The van der Waals surface area contributed by atoms with E-state index < -0.39 is 29.9 Å². The maximum atomic E-state index is 12.5. The molecule has 1 rings (SSSR count). The highest BCUT2D eigenvalue weighted by atomic mass is 16.3. The first-order chi connectivity index (χ1) is 22.0. The van der Waals surface area contributed by atoms with E-state index in [1.807, 2.05) is 112 Å². The number of hydrogen-bond donors (Lipinski definition) is 4. The molecule has 8 heteroatoms. The molecule has 0 aliphatic heterocycles. The van der Waals surface area contributed by atoms with Crippen LogP contribution in [-0.2, 0) is 20.9 Å². The van der Waals surface area contributed by atoms with Crippen molar-refractivity contribution in [3.63, 3.8) is 0 Å². The van der Waals surface area contributed by atoms with Crippen molar-refractivity contribution in [3.8, 4) is 0 Å². The second-order valence-electron chi connectivity index (χ2n) is 9.18. The standard InChI is InChI=1S/C26H39N3O5.C3H8.C3H6.3C2H6/c1-6-9-11-21(24(32)27-4)20(10-7-2)19-14-12-18(13-15-19)17-28-25(33)22(30)23(31)26(34)29(5)16-8-3;2*1-3-2;3*1-2/h9-15,21-23,30-31H,6-8,16-17H2,1-5H3,(H,27,32)(H,28,33);3H2,1-2H3;3H,1H2,2H3;3*1-2H3/b11-9?,20-10-;;;;;. The van der Waals surface area contributed by atoms with Gasteiger partial charge in [-0.2, -0.15) is 0 Å². The predicted octanol–water partition coefficient (Wildman–Crippen LogP) is 7.70. The Balaban J connectivity index is -0.000000409. The number of rotatable bonds is 13. The third kappa shape index (κ3) is 24.1. The topological polar surface area (TPSA) is 119 Å². The molecule has 0 aliphatic rings. The molecule has 0 radical (unpaired) electrons. The van der Waals surface area contributed by atoms with Gasteiger partial charge in [0, 0.05) is 27.2 Å². The third-order valence-corrected chi connectivity index (χ3v) is 5.36. The lowest BCUT2D eigenvalue weighted by Crippen LogP contribution is -2.49. The molecular formula is C38H71N3O5. The quantitative estimate of drug-likeness (QED) is 0.163. The number of amides is 3. The van der Waals surface area contributed by atoms with Crippen LogP contribution in [-0.4, -0.2) is 65.7 Å². The van der Waals surface area contributed by atoms with Gasteiger partial charge in [-0.25, -0.2) is 0 Å². The van der Waals surface area contributed by atoms with E-state index in [0.29, 0.717) is 13.0 Å². The number of benzene rings is 1. The van der Waals surface area contributed by atoms with Crippen LogP contribution < -0.4 is 10.6 Å². The predicted molar refractivity (Wildman–Crippen MR) is 199 cm³/mol. The molecule has 0 spiro atoms. The number of nitrogens with zero attached hydrogens (tertiary/aromatic N) is 1. The zero-order chi connectivity index (χ0) is 37.1. The molecule has 0 fully saturated rings. The largest absolute Gasteiger partial charge is 0.380 e. The van der Waals surface area contributed by atoms with E-state index in [1.165, 1.54) is 18.4 Å². The van der Waals surface area contributed by atoms with E-state index in [1.54, 1.807) is 13.1 Å². The van der Waals surface area contributed by atoms with Crippen LogP contribution in [0.2, 0.25) is 0 Å². The molecule has 1 aromatic carbocycles. The summed E-state index contributed by atoms with van der Waals surface area (Å²) in [5.74, 6) is -2.03. The van der Waals surface area contributed by atoms with Crippen LogP contribution in [0.5, 0.6) is 0 Å². The van der Waals surface area contributed by atoms with Crippen molar-refractivity contribution in [3.05, 3.63) is 66.3 Å². The first-order valence-corrected chi connectivity index (χ1v) is 17.2. The van der Waals surface area contributed by atoms with Gasteiger partial charge >= 0.3 is 0 Å². The lowest BCUT2D eigenvalue weighted by Gasteiger charge is -2.23. The van der Waals surface area contributed by atoms with Gasteiger partial charge in [-0.3, -0.25) is 14.4 Å². The molecule has 4 N–H and O–H groups in total. The Bertz CT molecular complexity index is 927. The van der Waals surface area contributed by atoms with Crippen molar-refractivity contribution in [2.75, 3.05) is 20.6 Å². The van der Waals surface area contributed by atoms with Gasteiger partial charge in [-0.15, -0.1) is 6.58 Å². The maximum Gasteiger partial charge on any atom is 0.254 e. The average Bonchev–Trinajstić information content (AvgIpc) is 3.09. The van der Waals surface area contributed by atoms with Crippen LogP contribution in [0, 0.1) is 5.92 Å². The first-order valence-electron chi connectivity index (χ1n) is 17.2. The van der Waals surface area contributed by atoms with Gasteiger partial charge in [0.15, 0.2) is 12.2 Å². The van der Waals surface area contributed by atoms with Crippen LogP contribution in [0.4, 0.5) is 0 Å². The van der Waals surface area contributed by atoms with Gasteiger partial charge in [-0.1, -0.05) is 131 Å². The monoisotopic (exact) mass is 650 g/mol. The molecule has 3 amide bonds. The van der Waals surface area contributed by atoms with Crippen molar-refractivity contribution in [2.45, 2.75) is 128 Å². The Morgan fingerprint density at radius 2 is 1.35 bits per heavy atom. The maximum absolute atomic E-state index is 12.5. The van der Waals surface area contributed by atoms with Crippen molar-refractivity contribution in [1.82, 2.24) is 15.5 Å². The van der Waals surface area contributed by atoms with E-state index >= 15 is 0 Å². The van der Waals surface area contributed by atoms with Gasteiger partial charge in [0.05, 0.1) is 5.92 Å². The lowest BCUT2D eigenvalue weighted by molar-refractivity contribution is -0.152. The molecule has 0 heterocycles. The fraction of sp³-hybridized carbons (Fsp3) is 0.605. The Morgan fingerprint density at radius 3 is 1.74 bits per heavy atom. The summed E-state index contributed by atoms with van der Waals surface area (Å²) in [6.45, 7) is 27.9. The van der Waals surface area contributed by atoms with Gasteiger partial charge in [0.25, 0.3) is 11.8 Å². The van der Waals surface area contributed by atoms with E-state index in [2.05, 4.69) is 31.1 Å². The SMILES string of the molecule is C=CC.CC.CC.CC.CCC.CCC=CC(C(=O)NC)/C(=C\CC)c1ccc(CNC(=O)C(O)C(O)C(=O)N(C)CCC)cc1. The van der Waals surface area contributed by atoms with Crippen molar-refractivity contribution in [1.29, 1.82) is 0 Å². The number of aliphatic hydroxyl groups is 2. The number of nitrogens with one attached hydrogen (secondary N) is 2. The molecule has 0 saturated heterocycles. The average molecular weight is 650 g/mol. The molecule has 0 aromatic heterocycles. The highest BCUT2D eigenvalue weighted by molar-refractivity contribution is 5.93. The number of carbonyl (C=O) groups excluding carboxylic acids is 3. The Kier molecular flexibility index (Phi) is 43.2. The van der Waals surface area contributed by atoms with Crippen molar-refractivity contribution in [2.24, 2.45) is 5.92 Å². The third-order valence-electron chi connectivity index (χ3n) is 5.36. The second kappa shape index (κ2) is 38.0. The fourth-order valence-corrected chi connectivity index (χ4v) is 3.46. The molecule has 1 aromatic rings. The highest BCUT2D eigenvalue weighted by Gasteiger charge is 2.31. The molecule has 46 heavy (non-hydrogen) atoms. The van der Waals surface area contributed by atoms with Crippen LogP contribution in [0.15, 0.2) is 55.1 Å². The van der Waals surface area contributed by atoms with Gasteiger partial charge in [0.1, 0.15) is 0 Å². The Hall–Kier alpha value is -3.23. The molecule has 3 unspecified atom stereocenters. The second-order valence-corrected chi connectivity index (χ2v) is 9.18. The van der Waals surface area contributed by atoms with E-state index in [9.17, 15) is 24.6 Å². The number of likely N-dealkylation sites (N-methyl/N-ethyl adjacent to an activating group) is 1. The van der Waals surface area contributed by atoms with Gasteiger partial charge in [-0.05, 0) is 42.9 Å². The summed E-state index contributed by atoms with van der Waals surface area (Å²) < 4.78 is 0. The minimum absolute atomic E-state index is 0.0904. The summed E-state index contributed by atoms with van der Waals surface area (Å²) in [6.07, 6.45) is 7.52. The molecule has 0 aliphatic carbocycles. The zero-order valence-corrected chi connectivity index (χ0v) is 31.9. The molecule has 268 valence electrons. The van der Waals surface area contributed by atoms with E-state index in [-0.39, 0.29) is 12.5 Å². The summed E-state index contributed by atoms with van der Waals surface area (Å²) in [7, 11) is 3.13. The number of hydrogen-bond acceptors (Lipinski definition) is 5. The van der Waals surface area contributed by atoms with E-state index in [4.69, 9.17) is 0 Å². The van der Waals surface area contributed by atoms with Gasteiger partial charge in [0.2, 0.25) is 5.91 Å².